The molecule has 11 heteroatoms. The van der Waals surface area contributed by atoms with E-state index in [9.17, 15) is 16.8 Å². The van der Waals surface area contributed by atoms with Gasteiger partial charge >= 0.3 is 0 Å². The lowest BCUT2D eigenvalue weighted by atomic mass is 9.88. The van der Waals surface area contributed by atoms with Gasteiger partial charge in [-0.15, -0.1) is 0 Å². The van der Waals surface area contributed by atoms with Crippen molar-refractivity contribution in [2.24, 2.45) is 5.41 Å². The van der Waals surface area contributed by atoms with Crippen molar-refractivity contribution >= 4 is 20.2 Å². The molecule has 2 aromatic carbocycles. The first-order valence-electron chi connectivity index (χ1n) is 8.71. The Hall–Kier alpha value is -1.86. The Labute approximate surface area is 176 Å². The Morgan fingerprint density at radius 2 is 1.03 bits per heavy atom. The van der Waals surface area contributed by atoms with Crippen molar-refractivity contribution in [3.05, 3.63) is 59.7 Å². The molecule has 30 heavy (non-hydrogen) atoms. The summed E-state index contributed by atoms with van der Waals surface area (Å²) in [6.45, 7) is 4.74. The van der Waals surface area contributed by atoms with E-state index in [0.717, 1.165) is 11.1 Å². The van der Waals surface area contributed by atoms with Gasteiger partial charge in [0.25, 0.3) is 20.2 Å². The van der Waals surface area contributed by atoms with Gasteiger partial charge in [-0.1, -0.05) is 35.4 Å². The molecule has 4 N–H and O–H groups in total. The molecule has 1 heterocycles. The predicted octanol–water partition coefficient (Wildman–Crippen LogP) is 1.47. The van der Waals surface area contributed by atoms with E-state index >= 15 is 0 Å². The summed E-state index contributed by atoms with van der Waals surface area (Å²) < 4.78 is 63.9. The third kappa shape index (κ3) is 8.48. The molecule has 1 fully saturated rings. The zero-order valence-corrected chi connectivity index (χ0v) is 18.2. The highest BCUT2D eigenvalue weighted by atomic mass is 32.2. The molecular weight excluding hydrogens is 436 g/mol. The highest BCUT2D eigenvalue weighted by molar-refractivity contribution is 7.86. The molecular formula is C19H26O9S2. The molecule has 0 amide bonds. The van der Waals surface area contributed by atoms with Crippen LogP contribution in [0, 0.1) is 19.3 Å². The summed E-state index contributed by atoms with van der Waals surface area (Å²) in [6.07, 6.45) is 0. The molecule has 0 aliphatic carbocycles. The molecule has 2 aromatic rings. The first-order valence-corrected chi connectivity index (χ1v) is 11.6. The third-order valence-electron chi connectivity index (χ3n) is 4.13. The zero-order valence-electron chi connectivity index (χ0n) is 16.6. The maximum absolute atomic E-state index is 10.5. The number of ether oxygens (including phenoxy) is 1. The molecule has 168 valence electrons. The third-order valence-corrected chi connectivity index (χ3v) is 5.86. The fourth-order valence-electron chi connectivity index (χ4n) is 2.04. The number of hydrogen-bond donors (Lipinski definition) is 4. The molecule has 0 saturated carbocycles. The fourth-order valence-corrected chi connectivity index (χ4v) is 3.00. The van der Waals surface area contributed by atoms with Gasteiger partial charge in [0.05, 0.1) is 41.6 Å². The lowest BCUT2D eigenvalue weighted by Gasteiger charge is -2.37. The van der Waals surface area contributed by atoms with Gasteiger partial charge in [0, 0.05) is 0 Å². The zero-order chi connectivity index (χ0) is 23.0. The summed E-state index contributed by atoms with van der Waals surface area (Å²) in [4.78, 5) is -0.133. The first kappa shape index (κ1) is 26.2. The lowest BCUT2D eigenvalue weighted by molar-refractivity contribution is -0.157. The molecule has 0 aromatic heterocycles. The molecule has 0 atom stereocenters. The highest BCUT2D eigenvalue weighted by Gasteiger charge is 2.37. The molecule has 0 unspecified atom stereocenters. The van der Waals surface area contributed by atoms with E-state index in [-0.39, 0.29) is 28.4 Å². The van der Waals surface area contributed by atoms with Crippen molar-refractivity contribution in [1.29, 1.82) is 0 Å². The van der Waals surface area contributed by atoms with Crippen LogP contribution in [0.25, 0.3) is 0 Å². The van der Waals surface area contributed by atoms with Crippen molar-refractivity contribution in [2.75, 3.05) is 26.4 Å². The number of benzene rings is 2. The van der Waals surface area contributed by atoms with Crippen LogP contribution in [0.4, 0.5) is 0 Å². The molecule has 0 bridgehead atoms. The number of hydrogen-bond acceptors (Lipinski definition) is 7. The fraction of sp³-hybridized carbons (Fsp3) is 0.368. The van der Waals surface area contributed by atoms with Gasteiger partial charge in [0.2, 0.25) is 0 Å². The van der Waals surface area contributed by atoms with Crippen molar-refractivity contribution < 1.29 is 40.9 Å². The van der Waals surface area contributed by atoms with Gasteiger partial charge in [0.1, 0.15) is 0 Å². The number of rotatable bonds is 4. The number of aliphatic hydroxyl groups is 2. The molecule has 3 rings (SSSR count). The van der Waals surface area contributed by atoms with Crippen LogP contribution >= 0.6 is 0 Å². The molecule has 1 aliphatic heterocycles. The van der Waals surface area contributed by atoms with Crippen LogP contribution in [0.15, 0.2) is 58.3 Å². The average molecular weight is 463 g/mol. The van der Waals surface area contributed by atoms with Crippen LogP contribution in [0.5, 0.6) is 0 Å². The minimum Gasteiger partial charge on any atom is -0.396 e. The van der Waals surface area contributed by atoms with Crippen LogP contribution in [0.2, 0.25) is 0 Å². The maximum Gasteiger partial charge on any atom is 0.294 e. The molecule has 0 spiro atoms. The SMILES string of the molecule is Cc1ccc(S(=O)(=O)O)cc1.Cc1ccc(S(=O)(=O)O)cc1.OCC1(CO)COC1. The van der Waals surface area contributed by atoms with Crippen LogP contribution in [0.3, 0.4) is 0 Å². The molecule has 9 nitrogen and oxygen atoms in total. The maximum atomic E-state index is 10.5. The standard InChI is InChI=1S/2C7H8O3S.C5H10O3/c2*1-6-2-4-7(5-3-6)11(8,9)10;6-1-5(2-7)3-8-4-5/h2*2-5H,1H3,(H,8,9,10);6-7H,1-4H2. The van der Waals surface area contributed by atoms with E-state index in [1.807, 2.05) is 13.8 Å². The Morgan fingerprint density at radius 3 is 1.17 bits per heavy atom. The van der Waals surface area contributed by atoms with E-state index in [1.54, 1.807) is 24.3 Å². The summed E-state index contributed by atoms with van der Waals surface area (Å²) >= 11 is 0. The van der Waals surface area contributed by atoms with Crippen LogP contribution in [-0.4, -0.2) is 62.6 Å². The predicted molar refractivity (Wildman–Crippen MR) is 109 cm³/mol. The monoisotopic (exact) mass is 462 g/mol. The molecule has 0 radical (unpaired) electrons. The summed E-state index contributed by atoms with van der Waals surface area (Å²) in [7, 11) is -8.04. The summed E-state index contributed by atoms with van der Waals surface area (Å²) in [6, 6.07) is 12.0. The van der Waals surface area contributed by atoms with E-state index in [4.69, 9.17) is 24.1 Å². The first-order chi connectivity index (χ1) is 13.8. The van der Waals surface area contributed by atoms with Gasteiger partial charge in [-0.2, -0.15) is 16.8 Å². The van der Waals surface area contributed by atoms with Gasteiger partial charge < -0.3 is 14.9 Å². The topological polar surface area (TPSA) is 158 Å². The smallest absolute Gasteiger partial charge is 0.294 e. The Kier molecular flexibility index (Phi) is 9.56. The van der Waals surface area contributed by atoms with Crippen molar-refractivity contribution in [1.82, 2.24) is 0 Å². The second kappa shape index (κ2) is 11.0. The second-order valence-electron chi connectivity index (χ2n) is 6.89. The van der Waals surface area contributed by atoms with E-state index in [1.165, 1.54) is 24.3 Å². The quantitative estimate of drug-likeness (QED) is 0.494. The largest absolute Gasteiger partial charge is 0.396 e. The number of aliphatic hydroxyl groups excluding tert-OH is 2. The molecule has 1 saturated heterocycles. The average Bonchev–Trinajstić information content (AvgIpc) is 2.62. The van der Waals surface area contributed by atoms with Gasteiger partial charge in [0.15, 0.2) is 0 Å². The second-order valence-corrected chi connectivity index (χ2v) is 9.73. The normalized spacial score (nSPS) is 15.0. The minimum absolute atomic E-state index is 0.0312. The summed E-state index contributed by atoms with van der Waals surface area (Å²) in [5.41, 5.74) is 1.61. The van der Waals surface area contributed by atoms with Crippen molar-refractivity contribution in [3.63, 3.8) is 0 Å². The van der Waals surface area contributed by atoms with Crippen LogP contribution in [0.1, 0.15) is 11.1 Å². The Bertz CT molecular complexity index is 906. The van der Waals surface area contributed by atoms with Crippen molar-refractivity contribution in [2.45, 2.75) is 23.6 Å². The molecule has 1 aliphatic rings. The summed E-state index contributed by atoms with van der Waals surface area (Å²) in [5, 5.41) is 17.2. The minimum atomic E-state index is -4.02. The van der Waals surface area contributed by atoms with Crippen molar-refractivity contribution in [3.8, 4) is 0 Å². The van der Waals surface area contributed by atoms with Gasteiger partial charge in [-0.05, 0) is 38.1 Å². The van der Waals surface area contributed by atoms with Crippen LogP contribution in [-0.2, 0) is 25.0 Å². The Morgan fingerprint density at radius 1 is 0.733 bits per heavy atom. The van der Waals surface area contributed by atoms with E-state index in [0.29, 0.717) is 13.2 Å². The van der Waals surface area contributed by atoms with E-state index in [2.05, 4.69) is 0 Å². The van der Waals surface area contributed by atoms with E-state index < -0.39 is 20.2 Å². The van der Waals surface area contributed by atoms with Gasteiger partial charge in [-0.25, -0.2) is 0 Å². The highest BCUT2D eigenvalue weighted by Crippen LogP contribution is 2.25. The lowest BCUT2D eigenvalue weighted by Crippen LogP contribution is -2.48. The van der Waals surface area contributed by atoms with Crippen LogP contribution < -0.4 is 0 Å². The number of aryl methyl sites for hydroxylation is 2. The summed E-state index contributed by atoms with van der Waals surface area (Å²) in [5.74, 6) is 0. The van der Waals surface area contributed by atoms with Gasteiger partial charge in [-0.3, -0.25) is 9.11 Å². The Balaban J connectivity index is 0.000000228.